The van der Waals surface area contributed by atoms with Gasteiger partial charge in [-0.3, -0.25) is 4.90 Å². The second-order valence-electron chi connectivity index (χ2n) is 7.39. The van der Waals surface area contributed by atoms with Gasteiger partial charge in [-0.1, -0.05) is 41.4 Å². The maximum atomic E-state index is 6.37. The molecule has 0 bridgehead atoms. The van der Waals surface area contributed by atoms with Gasteiger partial charge in [-0.25, -0.2) is 9.98 Å². The van der Waals surface area contributed by atoms with Crippen LogP contribution in [0.3, 0.4) is 0 Å². The molecule has 31 heavy (non-hydrogen) atoms. The lowest BCUT2D eigenvalue weighted by atomic mass is 10.0. The molecule has 2 aromatic carbocycles. The number of pyridine rings is 1. The van der Waals surface area contributed by atoms with Gasteiger partial charge < -0.3 is 15.4 Å². The van der Waals surface area contributed by atoms with Crippen molar-refractivity contribution in [1.29, 1.82) is 0 Å². The van der Waals surface area contributed by atoms with Gasteiger partial charge in [0.05, 0.1) is 13.2 Å². The Labute approximate surface area is 190 Å². The Hall–Kier alpha value is -2.64. The van der Waals surface area contributed by atoms with Crippen LogP contribution in [0.15, 0.2) is 65.9 Å². The Morgan fingerprint density at radius 3 is 2.65 bits per heavy atom. The molecule has 0 amide bonds. The minimum absolute atomic E-state index is 0.0974. The monoisotopic (exact) mass is 453 g/mol. The number of rotatable bonds is 3. The first kappa shape index (κ1) is 20.3. The van der Waals surface area contributed by atoms with Crippen LogP contribution in [0.1, 0.15) is 0 Å². The van der Waals surface area contributed by atoms with E-state index in [1.165, 1.54) is 0 Å². The Kier molecular flexibility index (Phi) is 5.78. The highest BCUT2D eigenvalue weighted by molar-refractivity contribution is 6.39. The highest BCUT2D eigenvalue weighted by Crippen LogP contribution is 2.36. The summed E-state index contributed by atoms with van der Waals surface area (Å²) in [6.07, 6.45) is 5.57. The second kappa shape index (κ2) is 8.85. The van der Waals surface area contributed by atoms with Crippen LogP contribution in [0, 0.1) is 0 Å². The van der Waals surface area contributed by atoms with Gasteiger partial charge in [-0.15, -0.1) is 0 Å². The smallest absolute Gasteiger partial charge is 0.178 e. The van der Waals surface area contributed by atoms with E-state index in [9.17, 15) is 0 Å². The fourth-order valence-electron chi connectivity index (χ4n) is 3.78. The van der Waals surface area contributed by atoms with E-state index < -0.39 is 0 Å². The van der Waals surface area contributed by atoms with Crippen LogP contribution in [0.2, 0.25) is 10.0 Å². The average Bonchev–Trinajstić information content (AvgIpc) is 2.80. The number of amidine groups is 1. The molecule has 3 aromatic rings. The number of benzene rings is 2. The van der Waals surface area contributed by atoms with E-state index in [1.807, 2.05) is 54.9 Å². The first-order valence-corrected chi connectivity index (χ1v) is 10.9. The van der Waals surface area contributed by atoms with Crippen LogP contribution in [0.5, 0.6) is 0 Å². The predicted octanol–water partition coefficient (Wildman–Crippen LogP) is 4.75. The van der Waals surface area contributed by atoms with Gasteiger partial charge in [0.1, 0.15) is 11.7 Å². The van der Waals surface area contributed by atoms with Crippen LogP contribution < -0.4 is 10.6 Å². The van der Waals surface area contributed by atoms with E-state index in [0.29, 0.717) is 10.0 Å². The largest absolute Gasteiger partial charge is 0.379 e. The summed E-state index contributed by atoms with van der Waals surface area (Å²) >= 11 is 12.7. The number of nitrogens with one attached hydrogen (secondary N) is 2. The normalized spacial score (nSPS) is 19.2. The van der Waals surface area contributed by atoms with E-state index in [1.54, 1.807) is 0 Å². The van der Waals surface area contributed by atoms with Gasteiger partial charge >= 0.3 is 0 Å². The minimum Gasteiger partial charge on any atom is -0.379 e. The van der Waals surface area contributed by atoms with Crippen molar-refractivity contribution in [1.82, 2.24) is 15.2 Å². The maximum absolute atomic E-state index is 6.37. The summed E-state index contributed by atoms with van der Waals surface area (Å²) < 4.78 is 5.43. The molecule has 8 heteroatoms. The van der Waals surface area contributed by atoms with Crippen LogP contribution in [-0.4, -0.2) is 48.3 Å². The van der Waals surface area contributed by atoms with Gasteiger partial charge in [0.2, 0.25) is 0 Å². The zero-order chi connectivity index (χ0) is 21.2. The molecule has 1 unspecified atom stereocenters. The Morgan fingerprint density at radius 2 is 1.84 bits per heavy atom. The van der Waals surface area contributed by atoms with E-state index >= 15 is 0 Å². The molecule has 2 N–H and O–H groups in total. The average molecular weight is 454 g/mol. The van der Waals surface area contributed by atoms with Gasteiger partial charge in [0.25, 0.3) is 0 Å². The second-order valence-corrected chi connectivity index (χ2v) is 8.20. The summed E-state index contributed by atoms with van der Waals surface area (Å²) in [5, 5.41) is 9.93. The van der Waals surface area contributed by atoms with Crippen molar-refractivity contribution in [3.8, 4) is 11.1 Å². The van der Waals surface area contributed by atoms with Crippen LogP contribution in [0.4, 0.5) is 5.82 Å². The van der Waals surface area contributed by atoms with Gasteiger partial charge in [-0.05, 0) is 41.3 Å². The first-order chi connectivity index (χ1) is 15.2. The van der Waals surface area contributed by atoms with Gasteiger partial charge in [0.15, 0.2) is 6.29 Å². The standard InChI is InChI=1S/C23H21Cl2N5O/c24-18-2-1-3-19(25)22(18)16-5-4-15-13-21(27-14-17(15)12-16)28-20-6-7-26-23(29-20)30-8-10-31-11-9-30/h1-7,12-14,23,26H,8-11H2,(H,27,28,29). The topological polar surface area (TPSA) is 61.8 Å². The van der Waals surface area contributed by atoms with E-state index in [0.717, 1.165) is 59.9 Å². The third-order valence-corrected chi connectivity index (χ3v) is 6.00. The van der Waals surface area contributed by atoms with Crippen molar-refractivity contribution in [3.63, 3.8) is 0 Å². The zero-order valence-corrected chi connectivity index (χ0v) is 18.2. The molecule has 0 spiro atoms. The number of halogens is 2. The maximum Gasteiger partial charge on any atom is 0.178 e. The summed E-state index contributed by atoms with van der Waals surface area (Å²) in [6, 6.07) is 13.7. The number of morpholine rings is 1. The predicted molar refractivity (Wildman–Crippen MR) is 127 cm³/mol. The number of ether oxygens (including phenoxy) is 1. The Bertz CT molecular complexity index is 1150. The fraction of sp³-hybridized carbons (Fsp3) is 0.217. The fourth-order valence-corrected chi connectivity index (χ4v) is 4.39. The highest BCUT2D eigenvalue weighted by atomic mass is 35.5. The molecule has 2 aliphatic heterocycles. The molecular formula is C23H21Cl2N5O. The van der Waals surface area contributed by atoms with Gasteiger partial charge in [-0.2, -0.15) is 0 Å². The van der Waals surface area contributed by atoms with E-state index in [4.69, 9.17) is 32.9 Å². The molecule has 6 nitrogen and oxygen atoms in total. The minimum atomic E-state index is -0.0974. The number of anilines is 1. The summed E-state index contributed by atoms with van der Waals surface area (Å²) in [5.74, 6) is 1.50. The SMILES string of the molecule is Clc1cccc(Cl)c1-c1ccc2cc(NC3=NC(N4CCOCC4)NC=C3)ncc2c1. The molecule has 5 rings (SSSR count). The van der Waals surface area contributed by atoms with Crippen molar-refractivity contribution >= 4 is 45.6 Å². The quantitative estimate of drug-likeness (QED) is 0.598. The molecule has 0 saturated carbocycles. The third kappa shape index (κ3) is 4.38. The van der Waals surface area contributed by atoms with Crippen LogP contribution in [-0.2, 0) is 4.74 Å². The summed E-state index contributed by atoms with van der Waals surface area (Å²) in [5.41, 5.74) is 1.79. The summed E-state index contributed by atoms with van der Waals surface area (Å²) in [4.78, 5) is 11.6. The summed E-state index contributed by atoms with van der Waals surface area (Å²) in [7, 11) is 0. The van der Waals surface area contributed by atoms with Crippen LogP contribution in [0.25, 0.3) is 21.9 Å². The number of nitrogens with zero attached hydrogens (tertiary/aromatic N) is 3. The summed E-state index contributed by atoms with van der Waals surface area (Å²) in [6.45, 7) is 3.17. The van der Waals surface area contributed by atoms with E-state index in [2.05, 4.69) is 26.6 Å². The lowest BCUT2D eigenvalue weighted by Crippen LogP contribution is -2.49. The van der Waals surface area contributed by atoms with Crippen molar-refractivity contribution in [3.05, 3.63) is 71.0 Å². The number of aliphatic imine (C=N–C) groups is 1. The van der Waals surface area contributed by atoms with Crippen LogP contribution >= 0.6 is 23.2 Å². The van der Waals surface area contributed by atoms with E-state index in [-0.39, 0.29) is 6.29 Å². The highest BCUT2D eigenvalue weighted by Gasteiger charge is 2.21. The molecule has 1 saturated heterocycles. The number of hydrogen-bond donors (Lipinski definition) is 2. The van der Waals surface area contributed by atoms with Gasteiger partial charge in [0, 0.05) is 46.5 Å². The van der Waals surface area contributed by atoms with Crippen molar-refractivity contribution in [2.75, 3.05) is 31.6 Å². The molecule has 1 fully saturated rings. The number of hydrogen-bond acceptors (Lipinski definition) is 6. The van der Waals surface area contributed by atoms with Crippen molar-refractivity contribution in [2.45, 2.75) is 6.29 Å². The van der Waals surface area contributed by atoms with Crippen molar-refractivity contribution in [2.24, 2.45) is 4.99 Å². The zero-order valence-electron chi connectivity index (χ0n) is 16.7. The lowest BCUT2D eigenvalue weighted by molar-refractivity contribution is 0.0137. The number of fused-ring (bicyclic) bond motifs is 1. The molecule has 3 heterocycles. The molecule has 1 atom stereocenters. The Morgan fingerprint density at radius 1 is 1.03 bits per heavy atom. The Balaban J connectivity index is 1.38. The molecular weight excluding hydrogens is 433 g/mol. The molecule has 158 valence electrons. The lowest BCUT2D eigenvalue weighted by Gasteiger charge is -2.33. The molecule has 0 radical (unpaired) electrons. The third-order valence-electron chi connectivity index (χ3n) is 5.37. The first-order valence-electron chi connectivity index (χ1n) is 10.1. The molecule has 2 aliphatic rings. The number of aromatic nitrogens is 1. The molecule has 0 aliphatic carbocycles. The molecule has 1 aromatic heterocycles. The van der Waals surface area contributed by atoms with Crippen molar-refractivity contribution < 1.29 is 4.74 Å².